The van der Waals surface area contributed by atoms with Crippen molar-refractivity contribution in [1.82, 2.24) is 15.0 Å². The van der Waals surface area contributed by atoms with E-state index in [1.54, 1.807) is 25.1 Å². The normalized spacial score (nSPS) is 10.4. The maximum absolute atomic E-state index is 12.7. The Labute approximate surface area is 175 Å². The summed E-state index contributed by atoms with van der Waals surface area (Å²) < 4.78 is 11.8. The van der Waals surface area contributed by atoms with Crippen molar-refractivity contribution in [1.29, 1.82) is 0 Å². The molecule has 12 nitrogen and oxygen atoms in total. The Hall–Kier alpha value is -4.48. The summed E-state index contributed by atoms with van der Waals surface area (Å²) in [6.45, 7) is 1.26. The average Bonchev–Trinajstić information content (AvgIpc) is 3.13. The number of aromatic nitrogens is 3. The van der Waals surface area contributed by atoms with Crippen molar-refractivity contribution in [2.75, 3.05) is 19.0 Å². The third-order valence-electron chi connectivity index (χ3n) is 4.19. The molecule has 1 aromatic heterocycles. The van der Waals surface area contributed by atoms with Crippen LogP contribution in [0.5, 0.6) is 11.5 Å². The third kappa shape index (κ3) is 4.75. The molecule has 0 radical (unpaired) electrons. The van der Waals surface area contributed by atoms with Gasteiger partial charge in [0.2, 0.25) is 0 Å². The lowest BCUT2D eigenvalue weighted by Crippen LogP contribution is -2.20. The minimum absolute atomic E-state index is 0.0296. The largest absolute Gasteiger partial charge is 0.493 e. The number of carbonyl (C=O) groups is 2. The first-order chi connectivity index (χ1) is 14.8. The first-order valence-corrected chi connectivity index (χ1v) is 8.87. The number of nitro groups is 1. The van der Waals surface area contributed by atoms with Crippen LogP contribution in [0.4, 0.5) is 11.4 Å². The summed E-state index contributed by atoms with van der Waals surface area (Å²) in [5.74, 6) is -0.645. The van der Waals surface area contributed by atoms with Gasteiger partial charge < -0.3 is 20.5 Å². The summed E-state index contributed by atoms with van der Waals surface area (Å²) in [6, 6.07) is 10.4. The molecule has 1 heterocycles. The van der Waals surface area contributed by atoms with E-state index < -0.39 is 16.7 Å². The number of non-ortho nitro benzene ring substituents is 1. The second-order valence-electron chi connectivity index (χ2n) is 6.29. The zero-order valence-electron chi connectivity index (χ0n) is 16.6. The van der Waals surface area contributed by atoms with Crippen LogP contribution in [0.1, 0.15) is 16.2 Å². The number of hydrogen-bond donors (Lipinski definition) is 2. The molecule has 0 saturated heterocycles. The van der Waals surface area contributed by atoms with Gasteiger partial charge in [0.05, 0.1) is 23.4 Å². The molecule has 3 N–H and O–H groups in total. The molecule has 0 bridgehead atoms. The molecule has 2 aromatic carbocycles. The molecule has 0 spiro atoms. The van der Waals surface area contributed by atoms with Gasteiger partial charge in [0.1, 0.15) is 0 Å². The number of hydrogen-bond acceptors (Lipinski definition) is 8. The number of anilines is 1. The predicted molar refractivity (Wildman–Crippen MR) is 108 cm³/mol. The lowest BCUT2D eigenvalue weighted by atomic mass is 10.2. The van der Waals surface area contributed by atoms with Gasteiger partial charge in [0.15, 0.2) is 23.8 Å². The van der Waals surface area contributed by atoms with E-state index in [2.05, 4.69) is 15.6 Å². The molecule has 3 rings (SSSR count). The van der Waals surface area contributed by atoms with Gasteiger partial charge in [-0.25, -0.2) is 4.68 Å². The fourth-order valence-electron chi connectivity index (χ4n) is 2.73. The molecule has 0 aliphatic carbocycles. The van der Waals surface area contributed by atoms with E-state index in [-0.39, 0.29) is 23.7 Å². The number of nitrogens with one attached hydrogen (secondary N) is 1. The molecule has 12 heteroatoms. The Morgan fingerprint density at radius 1 is 1.23 bits per heavy atom. The molecule has 31 heavy (non-hydrogen) atoms. The fraction of sp³-hybridized carbons (Fsp3) is 0.158. The third-order valence-corrected chi connectivity index (χ3v) is 4.19. The first-order valence-electron chi connectivity index (χ1n) is 8.87. The van der Waals surface area contributed by atoms with Crippen molar-refractivity contribution in [2.45, 2.75) is 6.92 Å². The number of rotatable bonds is 8. The van der Waals surface area contributed by atoms with Crippen molar-refractivity contribution in [3.05, 3.63) is 64.0 Å². The molecule has 3 aromatic rings. The van der Waals surface area contributed by atoms with Crippen LogP contribution in [0, 0.1) is 17.0 Å². The predicted octanol–water partition coefficient (Wildman–Crippen LogP) is 1.61. The van der Waals surface area contributed by atoms with Crippen LogP contribution in [-0.4, -0.2) is 45.4 Å². The van der Waals surface area contributed by atoms with Gasteiger partial charge >= 0.3 is 0 Å². The second kappa shape index (κ2) is 8.90. The lowest BCUT2D eigenvalue weighted by molar-refractivity contribution is -0.384. The molecule has 2 amide bonds. The number of ether oxygens (including phenoxy) is 2. The van der Waals surface area contributed by atoms with Gasteiger partial charge in [-0.3, -0.25) is 19.7 Å². The Bertz CT molecular complexity index is 1160. The molecule has 160 valence electrons. The highest BCUT2D eigenvalue weighted by Crippen LogP contribution is 2.30. The zero-order chi connectivity index (χ0) is 22.5. The summed E-state index contributed by atoms with van der Waals surface area (Å²) in [5.41, 5.74) is 6.14. The summed E-state index contributed by atoms with van der Waals surface area (Å²) in [5, 5.41) is 21.5. The van der Waals surface area contributed by atoms with E-state index >= 15 is 0 Å². The molecular weight excluding hydrogens is 408 g/mol. The Morgan fingerprint density at radius 3 is 2.68 bits per heavy atom. The van der Waals surface area contributed by atoms with E-state index in [1.807, 2.05) is 0 Å². The summed E-state index contributed by atoms with van der Waals surface area (Å²) in [7, 11) is 1.43. The Morgan fingerprint density at radius 2 is 2.00 bits per heavy atom. The van der Waals surface area contributed by atoms with Crippen molar-refractivity contribution in [2.24, 2.45) is 5.73 Å². The van der Waals surface area contributed by atoms with Crippen LogP contribution in [0.3, 0.4) is 0 Å². The van der Waals surface area contributed by atoms with E-state index in [4.69, 9.17) is 15.2 Å². The highest BCUT2D eigenvalue weighted by molar-refractivity contribution is 6.03. The summed E-state index contributed by atoms with van der Waals surface area (Å²) in [6.07, 6.45) is 0. The number of nitro benzene ring substituents is 1. The molecular formula is C19H18N6O6. The lowest BCUT2D eigenvalue weighted by Gasteiger charge is -2.12. The Kier molecular flexibility index (Phi) is 6.10. The van der Waals surface area contributed by atoms with Gasteiger partial charge in [-0.1, -0.05) is 11.3 Å². The van der Waals surface area contributed by atoms with E-state index in [9.17, 15) is 19.7 Å². The highest BCUT2D eigenvalue weighted by atomic mass is 16.6. The SMILES string of the molecule is COc1ccc(NC(=O)c2nnn(-c3cccc([N+](=O)[O-])c3)c2C)cc1OCC(N)=O. The molecule has 0 atom stereocenters. The number of nitrogens with zero attached hydrogens (tertiary/aromatic N) is 4. The Balaban J connectivity index is 1.83. The van der Waals surface area contributed by atoms with Crippen molar-refractivity contribution < 1.29 is 24.0 Å². The van der Waals surface area contributed by atoms with Crippen LogP contribution in [-0.2, 0) is 4.79 Å². The van der Waals surface area contributed by atoms with Gasteiger partial charge in [0, 0.05) is 23.9 Å². The number of amides is 2. The molecule has 0 fully saturated rings. The maximum Gasteiger partial charge on any atom is 0.278 e. The standard InChI is InChI=1S/C19H18N6O6/c1-11-18(22-23-24(11)13-4-3-5-14(9-13)25(28)29)19(27)21-12-6-7-15(30-2)16(8-12)31-10-17(20)26/h3-9H,10H2,1-2H3,(H2,20,26)(H,21,27). The minimum atomic E-state index is -0.662. The van der Waals surface area contributed by atoms with Crippen LogP contribution in [0.2, 0.25) is 0 Å². The van der Waals surface area contributed by atoms with Crippen molar-refractivity contribution in [3.63, 3.8) is 0 Å². The molecule has 0 aliphatic heterocycles. The van der Waals surface area contributed by atoms with Gasteiger partial charge in [-0.2, -0.15) is 0 Å². The van der Waals surface area contributed by atoms with Crippen LogP contribution in [0.25, 0.3) is 5.69 Å². The van der Waals surface area contributed by atoms with Crippen molar-refractivity contribution >= 4 is 23.2 Å². The number of benzene rings is 2. The topological polar surface area (TPSA) is 164 Å². The van der Waals surface area contributed by atoms with Crippen LogP contribution >= 0.6 is 0 Å². The fourth-order valence-corrected chi connectivity index (χ4v) is 2.73. The zero-order valence-corrected chi connectivity index (χ0v) is 16.6. The number of carbonyl (C=O) groups excluding carboxylic acids is 2. The second-order valence-corrected chi connectivity index (χ2v) is 6.29. The van der Waals surface area contributed by atoms with Gasteiger partial charge in [-0.15, -0.1) is 5.10 Å². The monoisotopic (exact) mass is 426 g/mol. The van der Waals surface area contributed by atoms with Crippen LogP contribution in [0.15, 0.2) is 42.5 Å². The quantitative estimate of drug-likeness (QED) is 0.405. The van der Waals surface area contributed by atoms with Gasteiger partial charge in [0.25, 0.3) is 17.5 Å². The van der Waals surface area contributed by atoms with Gasteiger partial charge in [-0.05, 0) is 25.1 Å². The molecule has 0 aliphatic rings. The first kappa shape index (κ1) is 21.2. The van der Waals surface area contributed by atoms with E-state index in [1.165, 1.54) is 36.1 Å². The van der Waals surface area contributed by atoms with Crippen molar-refractivity contribution in [3.8, 4) is 17.2 Å². The average molecular weight is 426 g/mol. The number of nitrogens with two attached hydrogens (primary N) is 1. The maximum atomic E-state index is 12.7. The molecule has 0 unspecified atom stereocenters. The minimum Gasteiger partial charge on any atom is -0.493 e. The van der Waals surface area contributed by atoms with Crippen LogP contribution < -0.4 is 20.5 Å². The smallest absolute Gasteiger partial charge is 0.278 e. The van der Waals surface area contributed by atoms with E-state index in [0.717, 1.165) is 0 Å². The number of primary amides is 1. The summed E-state index contributed by atoms with van der Waals surface area (Å²) in [4.78, 5) is 34.1. The van der Waals surface area contributed by atoms with E-state index in [0.29, 0.717) is 22.8 Å². The summed E-state index contributed by atoms with van der Waals surface area (Å²) >= 11 is 0. The molecule has 0 saturated carbocycles. The number of methoxy groups -OCH3 is 1. The highest BCUT2D eigenvalue weighted by Gasteiger charge is 2.19.